The maximum atomic E-state index is 3.33. The molecule has 2 aliphatic heterocycles. The molecule has 0 aliphatic carbocycles. The third-order valence-electron chi connectivity index (χ3n) is 3.13. The number of hydrogen-bond donors (Lipinski definition) is 1. The van der Waals surface area contributed by atoms with Crippen LogP contribution in [0.4, 0.5) is 0 Å². The lowest BCUT2D eigenvalue weighted by atomic mass is 9.98. The third-order valence-corrected chi connectivity index (χ3v) is 3.13. The van der Waals surface area contributed by atoms with E-state index in [1.807, 2.05) is 0 Å². The van der Waals surface area contributed by atoms with E-state index in [4.69, 9.17) is 0 Å². The smallest absolute Gasteiger partial charge is 0.0190 e. The lowest BCUT2D eigenvalue weighted by molar-refractivity contribution is 0.235. The van der Waals surface area contributed by atoms with Gasteiger partial charge in [-0.05, 0) is 45.3 Å². The average Bonchev–Trinajstić information content (AvgIpc) is 2.01. The standard InChI is InChI=1S/C11H20N2/c1-10-3-2-5-13(9-10)6-4-11-7-12-8-11/h3,11-12H,2,4-9H2,1H3. The summed E-state index contributed by atoms with van der Waals surface area (Å²) in [5.41, 5.74) is 1.55. The normalized spacial score (nSPS) is 25.5. The molecule has 1 fully saturated rings. The summed E-state index contributed by atoms with van der Waals surface area (Å²) < 4.78 is 0. The van der Waals surface area contributed by atoms with Crippen molar-refractivity contribution in [3.05, 3.63) is 11.6 Å². The summed E-state index contributed by atoms with van der Waals surface area (Å²) in [4.78, 5) is 2.59. The van der Waals surface area contributed by atoms with Crippen LogP contribution in [-0.4, -0.2) is 37.6 Å². The van der Waals surface area contributed by atoms with Crippen LogP contribution in [0.5, 0.6) is 0 Å². The SMILES string of the molecule is CC1=CCCN(CCC2CNC2)C1. The average molecular weight is 180 g/mol. The third kappa shape index (κ3) is 2.55. The zero-order chi connectivity index (χ0) is 9.10. The van der Waals surface area contributed by atoms with Crippen LogP contribution in [0.15, 0.2) is 11.6 Å². The van der Waals surface area contributed by atoms with Crippen LogP contribution in [0.1, 0.15) is 19.8 Å². The van der Waals surface area contributed by atoms with Crippen molar-refractivity contribution < 1.29 is 0 Å². The Balaban J connectivity index is 1.66. The second-order valence-electron chi connectivity index (χ2n) is 4.43. The first-order chi connectivity index (χ1) is 6.34. The fraction of sp³-hybridized carbons (Fsp3) is 0.818. The van der Waals surface area contributed by atoms with Crippen LogP contribution in [0.2, 0.25) is 0 Å². The highest BCUT2D eigenvalue weighted by Gasteiger charge is 2.18. The molecule has 1 saturated heterocycles. The molecule has 2 nitrogen and oxygen atoms in total. The van der Waals surface area contributed by atoms with Crippen molar-refractivity contribution in [2.24, 2.45) is 5.92 Å². The van der Waals surface area contributed by atoms with E-state index in [2.05, 4.69) is 23.2 Å². The van der Waals surface area contributed by atoms with E-state index in [9.17, 15) is 0 Å². The molecule has 0 saturated carbocycles. The Bertz CT molecular complexity index is 194. The van der Waals surface area contributed by atoms with Gasteiger partial charge in [-0.25, -0.2) is 0 Å². The highest BCUT2D eigenvalue weighted by molar-refractivity contribution is 5.04. The predicted molar refractivity (Wildman–Crippen MR) is 55.8 cm³/mol. The molecule has 0 unspecified atom stereocenters. The largest absolute Gasteiger partial charge is 0.316 e. The number of hydrogen-bond acceptors (Lipinski definition) is 2. The van der Waals surface area contributed by atoms with E-state index in [1.54, 1.807) is 5.57 Å². The first-order valence-corrected chi connectivity index (χ1v) is 5.43. The molecule has 0 radical (unpaired) electrons. The van der Waals surface area contributed by atoms with E-state index in [0.717, 1.165) is 5.92 Å². The van der Waals surface area contributed by atoms with Crippen molar-refractivity contribution in [2.75, 3.05) is 32.7 Å². The first-order valence-electron chi connectivity index (χ1n) is 5.43. The number of rotatable bonds is 3. The van der Waals surface area contributed by atoms with Gasteiger partial charge in [-0.3, -0.25) is 4.90 Å². The molecule has 2 rings (SSSR count). The van der Waals surface area contributed by atoms with Gasteiger partial charge in [0.1, 0.15) is 0 Å². The highest BCUT2D eigenvalue weighted by atomic mass is 15.1. The second kappa shape index (κ2) is 4.25. The van der Waals surface area contributed by atoms with Gasteiger partial charge in [-0.2, -0.15) is 0 Å². The molecule has 1 N–H and O–H groups in total. The summed E-state index contributed by atoms with van der Waals surface area (Å²) in [6.07, 6.45) is 5.02. The summed E-state index contributed by atoms with van der Waals surface area (Å²) in [6, 6.07) is 0. The molecule has 2 aliphatic rings. The van der Waals surface area contributed by atoms with E-state index < -0.39 is 0 Å². The van der Waals surface area contributed by atoms with Gasteiger partial charge in [-0.15, -0.1) is 0 Å². The molecule has 2 heterocycles. The number of nitrogens with one attached hydrogen (secondary N) is 1. The summed E-state index contributed by atoms with van der Waals surface area (Å²) in [6.45, 7) is 8.54. The maximum Gasteiger partial charge on any atom is 0.0190 e. The van der Waals surface area contributed by atoms with Crippen molar-refractivity contribution in [3.8, 4) is 0 Å². The number of nitrogens with zero attached hydrogens (tertiary/aromatic N) is 1. The van der Waals surface area contributed by atoms with Crippen LogP contribution >= 0.6 is 0 Å². The van der Waals surface area contributed by atoms with Crippen molar-refractivity contribution in [2.45, 2.75) is 19.8 Å². The summed E-state index contributed by atoms with van der Waals surface area (Å²) >= 11 is 0. The minimum atomic E-state index is 0.964. The summed E-state index contributed by atoms with van der Waals surface area (Å²) in [5.74, 6) is 0.964. The molecule has 2 heteroatoms. The summed E-state index contributed by atoms with van der Waals surface area (Å²) in [5, 5.41) is 3.33. The van der Waals surface area contributed by atoms with Crippen molar-refractivity contribution >= 4 is 0 Å². The Morgan fingerprint density at radius 2 is 2.38 bits per heavy atom. The van der Waals surface area contributed by atoms with Gasteiger partial charge in [-0.1, -0.05) is 11.6 Å². The van der Waals surface area contributed by atoms with Gasteiger partial charge in [0.2, 0.25) is 0 Å². The Morgan fingerprint density at radius 1 is 1.54 bits per heavy atom. The van der Waals surface area contributed by atoms with Gasteiger partial charge >= 0.3 is 0 Å². The van der Waals surface area contributed by atoms with Gasteiger partial charge in [0.25, 0.3) is 0 Å². The van der Waals surface area contributed by atoms with Crippen LogP contribution in [0.25, 0.3) is 0 Å². The monoisotopic (exact) mass is 180 g/mol. The molecule has 0 aromatic heterocycles. The minimum absolute atomic E-state index is 0.964. The lowest BCUT2D eigenvalue weighted by Crippen LogP contribution is -2.44. The van der Waals surface area contributed by atoms with E-state index in [0.29, 0.717) is 0 Å². The van der Waals surface area contributed by atoms with Crippen LogP contribution in [-0.2, 0) is 0 Å². The minimum Gasteiger partial charge on any atom is -0.316 e. The van der Waals surface area contributed by atoms with Crippen LogP contribution in [0.3, 0.4) is 0 Å². The molecule has 0 spiro atoms. The second-order valence-corrected chi connectivity index (χ2v) is 4.43. The van der Waals surface area contributed by atoms with Gasteiger partial charge in [0, 0.05) is 13.1 Å². The molecule has 0 atom stereocenters. The lowest BCUT2D eigenvalue weighted by Gasteiger charge is -2.31. The first kappa shape index (κ1) is 9.22. The van der Waals surface area contributed by atoms with Crippen LogP contribution in [0, 0.1) is 5.92 Å². The zero-order valence-electron chi connectivity index (χ0n) is 8.55. The molecule has 0 aromatic rings. The molecule has 74 valence electrons. The van der Waals surface area contributed by atoms with Crippen molar-refractivity contribution in [1.82, 2.24) is 10.2 Å². The van der Waals surface area contributed by atoms with Gasteiger partial charge in [0.15, 0.2) is 0 Å². The van der Waals surface area contributed by atoms with Crippen molar-refractivity contribution in [1.29, 1.82) is 0 Å². The fourth-order valence-electron chi connectivity index (χ4n) is 2.10. The summed E-state index contributed by atoms with van der Waals surface area (Å²) in [7, 11) is 0. The van der Waals surface area contributed by atoms with Crippen molar-refractivity contribution in [3.63, 3.8) is 0 Å². The zero-order valence-corrected chi connectivity index (χ0v) is 8.55. The molecule has 0 bridgehead atoms. The van der Waals surface area contributed by atoms with E-state index in [1.165, 1.54) is 45.6 Å². The fourth-order valence-corrected chi connectivity index (χ4v) is 2.10. The van der Waals surface area contributed by atoms with E-state index >= 15 is 0 Å². The molecule has 13 heavy (non-hydrogen) atoms. The quantitative estimate of drug-likeness (QED) is 0.658. The topological polar surface area (TPSA) is 15.3 Å². The van der Waals surface area contributed by atoms with Gasteiger partial charge < -0.3 is 5.32 Å². The molecule has 0 aromatic carbocycles. The van der Waals surface area contributed by atoms with Crippen LogP contribution < -0.4 is 5.32 Å². The molecule has 0 amide bonds. The Morgan fingerprint density at radius 3 is 3.00 bits per heavy atom. The maximum absolute atomic E-state index is 3.33. The molecular weight excluding hydrogens is 160 g/mol. The molecular formula is C11H20N2. The Hall–Kier alpha value is -0.340. The Labute approximate surface area is 81.0 Å². The van der Waals surface area contributed by atoms with E-state index in [-0.39, 0.29) is 0 Å². The Kier molecular flexibility index (Phi) is 3.01. The predicted octanol–water partition coefficient (Wildman–Crippen LogP) is 1.25. The highest BCUT2D eigenvalue weighted by Crippen LogP contribution is 2.13. The van der Waals surface area contributed by atoms with Gasteiger partial charge in [0.05, 0.1) is 0 Å².